The van der Waals surface area contributed by atoms with E-state index in [4.69, 9.17) is 16.3 Å². The summed E-state index contributed by atoms with van der Waals surface area (Å²) in [5.41, 5.74) is 1.37. The molecule has 0 radical (unpaired) electrons. The Morgan fingerprint density at radius 3 is 2.55 bits per heavy atom. The van der Waals surface area contributed by atoms with Gasteiger partial charge in [0, 0.05) is 20.0 Å². The van der Waals surface area contributed by atoms with Crippen molar-refractivity contribution in [3.05, 3.63) is 46.5 Å². The standard InChI is InChI=1S/C22H32ClN3O5S2/c1-5-6-7-20-24-21(23)19(15-27)26(20)14-16-8-10-17(11-9-16)33(29,30)25(2)18(12-13-32-4)22(28)31-3/h8-11,18,27H,5-7,12-15H2,1-4H3. The van der Waals surface area contributed by atoms with Crippen LogP contribution in [0.1, 0.15) is 43.3 Å². The molecule has 1 heterocycles. The van der Waals surface area contributed by atoms with Crippen LogP contribution in [-0.2, 0) is 39.1 Å². The SMILES string of the molecule is CCCCc1nc(Cl)c(CO)n1Cc1ccc(S(=O)(=O)N(C)C(CCSC)C(=O)OC)cc1. The maximum Gasteiger partial charge on any atom is 0.324 e. The van der Waals surface area contributed by atoms with Gasteiger partial charge in [0.15, 0.2) is 5.15 Å². The molecule has 0 amide bonds. The van der Waals surface area contributed by atoms with Gasteiger partial charge in [-0.25, -0.2) is 13.4 Å². The molecule has 0 bridgehead atoms. The zero-order valence-corrected chi connectivity index (χ0v) is 21.8. The molecule has 1 unspecified atom stereocenters. The van der Waals surface area contributed by atoms with E-state index in [2.05, 4.69) is 11.9 Å². The molecule has 2 rings (SSSR count). The van der Waals surface area contributed by atoms with E-state index in [9.17, 15) is 18.3 Å². The molecule has 0 fully saturated rings. The predicted octanol–water partition coefficient (Wildman–Crippen LogP) is 3.33. The van der Waals surface area contributed by atoms with Crippen molar-refractivity contribution in [3.63, 3.8) is 0 Å². The van der Waals surface area contributed by atoms with Gasteiger partial charge in [0.1, 0.15) is 11.9 Å². The summed E-state index contributed by atoms with van der Waals surface area (Å²) in [6.45, 7) is 2.26. The van der Waals surface area contributed by atoms with Crippen LogP contribution in [0.3, 0.4) is 0 Å². The third kappa shape index (κ3) is 6.73. The quantitative estimate of drug-likeness (QED) is 0.406. The fraction of sp³-hybridized carbons (Fsp3) is 0.545. The van der Waals surface area contributed by atoms with Crippen LogP contribution in [0.2, 0.25) is 5.15 Å². The van der Waals surface area contributed by atoms with E-state index in [0.29, 0.717) is 24.4 Å². The second-order valence-corrected chi connectivity index (χ2v) is 10.9. The first kappa shape index (κ1) is 27.7. The molecule has 0 aliphatic rings. The van der Waals surface area contributed by atoms with Crippen LogP contribution in [-0.4, -0.2) is 65.6 Å². The van der Waals surface area contributed by atoms with Crippen LogP contribution in [0.5, 0.6) is 0 Å². The summed E-state index contributed by atoms with van der Waals surface area (Å²) in [6.07, 6.45) is 4.93. The number of hydrogen-bond acceptors (Lipinski definition) is 7. The number of aromatic nitrogens is 2. The lowest BCUT2D eigenvalue weighted by molar-refractivity contribution is -0.144. The van der Waals surface area contributed by atoms with Gasteiger partial charge in [0.25, 0.3) is 0 Å². The van der Waals surface area contributed by atoms with Crippen molar-refractivity contribution in [1.82, 2.24) is 13.9 Å². The van der Waals surface area contributed by atoms with Crippen LogP contribution in [0, 0.1) is 0 Å². The maximum absolute atomic E-state index is 13.1. The van der Waals surface area contributed by atoms with Crippen LogP contribution >= 0.6 is 23.4 Å². The molecule has 8 nitrogen and oxygen atoms in total. The number of carbonyl (C=O) groups excluding carboxylic acids is 1. The van der Waals surface area contributed by atoms with Crippen LogP contribution < -0.4 is 0 Å². The minimum absolute atomic E-state index is 0.0871. The number of ether oxygens (including phenoxy) is 1. The third-order valence-corrected chi connectivity index (χ3v) is 8.28. The van der Waals surface area contributed by atoms with Gasteiger partial charge >= 0.3 is 5.97 Å². The van der Waals surface area contributed by atoms with Crippen molar-refractivity contribution in [2.24, 2.45) is 0 Å². The Bertz CT molecular complexity index is 1030. The number of sulfonamides is 1. The van der Waals surface area contributed by atoms with Crippen molar-refractivity contribution < 1.29 is 23.1 Å². The maximum atomic E-state index is 13.1. The molecule has 184 valence electrons. The van der Waals surface area contributed by atoms with Crippen LogP contribution in [0.15, 0.2) is 29.2 Å². The highest BCUT2D eigenvalue weighted by molar-refractivity contribution is 7.98. The van der Waals surface area contributed by atoms with Gasteiger partial charge in [-0.3, -0.25) is 4.79 Å². The van der Waals surface area contributed by atoms with Crippen molar-refractivity contribution in [2.45, 2.75) is 56.7 Å². The number of hydrogen-bond donors (Lipinski definition) is 1. The van der Waals surface area contributed by atoms with Gasteiger partial charge in [0.05, 0.1) is 24.3 Å². The number of likely N-dealkylation sites (N-methyl/N-ethyl adjacent to an activating group) is 1. The Hall–Kier alpha value is -1.59. The number of rotatable bonds is 13. The Kier molecular flexibility index (Phi) is 10.7. The second kappa shape index (κ2) is 12.8. The number of aliphatic hydroxyl groups is 1. The summed E-state index contributed by atoms with van der Waals surface area (Å²) in [4.78, 5) is 16.7. The van der Waals surface area contributed by atoms with E-state index < -0.39 is 22.0 Å². The number of aryl methyl sites for hydroxylation is 1. The number of methoxy groups -OCH3 is 1. The molecule has 0 saturated heterocycles. The van der Waals surface area contributed by atoms with Crippen molar-refractivity contribution in [2.75, 3.05) is 26.2 Å². The van der Waals surface area contributed by atoms with Gasteiger partial charge in [-0.05, 0) is 42.5 Å². The highest BCUT2D eigenvalue weighted by Gasteiger charge is 2.33. The lowest BCUT2D eigenvalue weighted by Gasteiger charge is -2.25. The van der Waals surface area contributed by atoms with E-state index in [-0.39, 0.29) is 16.7 Å². The molecule has 0 spiro atoms. The second-order valence-electron chi connectivity index (χ2n) is 7.60. The summed E-state index contributed by atoms with van der Waals surface area (Å²) in [5, 5.41) is 10.0. The topological polar surface area (TPSA) is 102 Å². The van der Waals surface area contributed by atoms with Gasteiger partial charge in [-0.1, -0.05) is 37.1 Å². The molecular weight excluding hydrogens is 486 g/mol. The molecule has 0 aliphatic carbocycles. The van der Waals surface area contributed by atoms with Crippen LogP contribution in [0.25, 0.3) is 0 Å². The number of nitrogens with zero attached hydrogens (tertiary/aromatic N) is 3. The smallest absolute Gasteiger partial charge is 0.324 e. The number of thioether (sulfide) groups is 1. The molecule has 0 saturated carbocycles. The molecule has 0 aliphatic heterocycles. The van der Waals surface area contributed by atoms with Crippen LogP contribution in [0.4, 0.5) is 0 Å². The van der Waals surface area contributed by atoms with Crippen molar-refractivity contribution in [3.8, 4) is 0 Å². The van der Waals surface area contributed by atoms with Gasteiger partial charge < -0.3 is 14.4 Å². The molecular formula is C22H32ClN3O5S2. The molecule has 1 aromatic carbocycles. The molecule has 11 heteroatoms. The largest absolute Gasteiger partial charge is 0.468 e. The summed E-state index contributed by atoms with van der Waals surface area (Å²) in [5.74, 6) is 0.830. The predicted molar refractivity (Wildman–Crippen MR) is 131 cm³/mol. The van der Waals surface area contributed by atoms with Gasteiger partial charge in [0.2, 0.25) is 10.0 Å². The van der Waals surface area contributed by atoms with Gasteiger partial charge in [-0.15, -0.1) is 0 Å². The fourth-order valence-corrected chi connectivity index (χ4v) is 5.52. The van der Waals surface area contributed by atoms with E-state index in [1.807, 2.05) is 10.8 Å². The Balaban J connectivity index is 2.28. The number of aliphatic hydroxyl groups excluding tert-OH is 1. The Labute approximate surface area is 205 Å². The molecule has 33 heavy (non-hydrogen) atoms. The minimum Gasteiger partial charge on any atom is -0.468 e. The van der Waals surface area contributed by atoms with E-state index in [0.717, 1.165) is 35.0 Å². The number of esters is 1. The molecule has 2 aromatic rings. The first-order valence-corrected chi connectivity index (χ1v) is 13.9. The van der Waals surface area contributed by atoms with E-state index in [1.165, 1.54) is 38.1 Å². The highest BCUT2D eigenvalue weighted by Crippen LogP contribution is 2.23. The van der Waals surface area contributed by atoms with Crippen molar-refractivity contribution >= 4 is 39.4 Å². The lowest BCUT2D eigenvalue weighted by Crippen LogP contribution is -2.43. The average Bonchev–Trinajstić information content (AvgIpc) is 3.11. The average molecular weight is 518 g/mol. The Morgan fingerprint density at radius 1 is 1.33 bits per heavy atom. The minimum atomic E-state index is -3.90. The van der Waals surface area contributed by atoms with E-state index >= 15 is 0 Å². The zero-order valence-electron chi connectivity index (χ0n) is 19.5. The van der Waals surface area contributed by atoms with E-state index in [1.54, 1.807) is 12.1 Å². The number of benzene rings is 1. The van der Waals surface area contributed by atoms with Crippen molar-refractivity contribution in [1.29, 1.82) is 0 Å². The Morgan fingerprint density at radius 2 is 2.00 bits per heavy atom. The summed E-state index contributed by atoms with van der Waals surface area (Å²) in [6, 6.07) is 5.58. The van der Waals surface area contributed by atoms with Gasteiger partial charge in [-0.2, -0.15) is 16.1 Å². The number of carbonyl (C=O) groups is 1. The summed E-state index contributed by atoms with van der Waals surface area (Å²) >= 11 is 7.73. The zero-order chi connectivity index (χ0) is 24.6. The normalized spacial score (nSPS) is 12.8. The first-order chi connectivity index (χ1) is 15.7. The molecule has 1 aromatic heterocycles. The third-order valence-electron chi connectivity index (χ3n) is 5.46. The monoisotopic (exact) mass is 517 g/mol. The number of unbranched alkanes of at least 4 members (excludes halogenated alkanes) is 1. The molecule has 1 N–H and O–H groups in total. The summed E-state index contributed by atoms with van der Waals surface area (Å²) in [7, 11) is -1.25. The lowest BCUT2D eigenvalue weighted by atomic mass is 10.2. The number of halogens is 1. The summed E-state index contributed by atoms with van der Waals surface area (Å²) < 4.78 is 34.1. The first-order valence-electron chi connectivity index (χ1n) is 10.7. The fourth-order valence-electron chi connectivity index (χ4n) is 3.47. The molecule has 1 atom stereocenters. The number of imidazole rings is 1. The highest BCUT2D eigenvalue weighted by atomic mass is 35.5.